The first-order valence-electron chi connectivity index (χ1n) is 7.94. The molecule has 0 saturated carbocycles. The first-order valence-corrected chi connectivity index (χ1v) is 10.6. The lowest BCUT2D eigenvalue weighted by Gasteiger charge is -2.11. The molecule has 1 saturated heterocycles. The first-order chi connectivity index (χ1) is 13.4. The molecule has 28 heavy (non-hydrogen) atoms. The number of ether oxygens (including phenoxy) is 1. The number of nitrogens with zero attached hydrogens (tertiary/aromatic N) is 1. The number of hydrogen-bond donors (Lipinski definition) is 0. The third-order valence-corrected chi connectivity index (χ3v) is 5.93. The van der Waals surface area contributed by atoms with Gasteiger partial charge in [0.05, 0.1) is 21.5 Å². The van der Waals surface area contributed by atoms with Crippen molar-refractivity contribution in [2.45, 2.75) is 6.61 Å². The van der Waals surface area contributed by atoms with Crippen molar-refractivity contribution in [1.82, 2.24) is 4.90 Å². The molecule has 2 aromatic rings. The lowest BCUT2D eigenvalue weighted by atomic mass is 10.2. The second-order valence-corrected chi connectivity index (χ2v) is 8.75. The van der Waals surface area contributed by atoms with E-state index >= 15 is 0 Å². The highest BCUT2D eigenvalue weighted by Gasteiger charge is 2.34. The first kappa shape index (κ1) is 21.1. The second kappa shape index (κ2) is 9.23. The van der Waals surface area contributed by atoms with Crippen molar-refractivity contribution in [1.29, 1.82) is 0 Å². The average molecular weight is 544 g/mol. The summed E-state index contributed by atoms with van der Waals surface area (Å²) in [5.41, 5.74) is 1.57. The van der Waals surface area contributed by atoms with Gasteiger partial charge in [-0.25, -0.2) is 0 Å². The molecule has 1 heterocycles. The zero-order valence-corrected chi connectivity index (χ0v) is 18.7. The van der Waals surface area contributed by atoms with Gasteiger partial charge in [-0.1, -0.05) is 41.3 Å². The van der Waals surface area contributed by atoms with Gasteiger partial charge >= 0.3 is 0 Å². The van der Waals surface area contributed by atoms with Crippen molar-refractivity contribution >= 4 is 74.8 Å². The lowest BCUT2D eigenvalue weighted by Crippen LogP contribution is -2.28. The van der Waals surface area contributed by atoms with Crippen LogP contribution in [-0.2, 0) is 11.4 Å². The summed E-state index contributed by atoms with van der Waals surface area (Å²) in [4.78, 5) is 25.4. The molecule has 0 aliphatic carbocycles. The van der Waals surface area contributed by atoms with Crippen LogP contribution in [-0.4, -0.2) is 22.6 Å². The summed E-state index contributed by atoms with van der Waals surface area (Å²) in [6.45, 7) is 0.259. The zero-order chi connectivity index (χ0) is 20.3. The molecule has 0 unspecified atom stereocenters. The number of terminal acetylenes is 1. The monoisotopic (exact) mass is 543 g/mol. The minimum absolute atomic E-state index is 0.0607. The number of amides is 2. The summed E-state index contributed by atoms with van der Waals surface area (Å²) in [5, 5.41) is 0.225. The highest BCUT2D eigenvalue weighted by Crippen LogP contribution is 2.37. The fourth-order valence-corrected chi connectivity index (χ4v) is 4.23. The normalized spacial score (nSPS) is 15.2. The van der Waals surface area contributed by atoms with E-state index in [1.807, 2.05) is 24.3 Å². The maximum atomic E-state index is 12.3. The Labute approximate surface area is 190 Å². The molecule has 8 heteroatoms. The average Bonchev–Trinajstić information content (AvgIpc) is 2.90. The van der Waals surface area contributed by atoms with Crippen molar-refractivity contribution in [3.05, 3.63) is 66.0 Å². The third-order valence-electron chi connectivity index (χ3n) is 3.74. The van der Waals surface area contributed by atoms with E-state index in [1.54, 1.807) is 18.2 Å². The van der Waals surface area contributed by atoms with Gasteiger partial charge in [-0.15, -0.1) is 6.42 Å². The Balaban J connectivity index is 1.78. The fraction of sp³-hybridized carbons (Fsp3) is 0.100. The summed E-state index contributed by atoms with van der Waals surface area (Å²) in [6, 6.07) is 11.2. The van der Waals surface area contributed by atoms with Crippen LogP contribution in [0.15, 0.2) is 41.3 Å². The minimum atomic E-state index is -0.431. The Hall–Kier alpha value is -1.66. The minimum Gasteiger partial charge on any atom is -0.486 e. The van der Waals surface area contributed by atoms with Crippen LogP contribution in [0.3, 0.4) is 0 Å². The van der Waals surface area contributed by atoms with Gasteiger partial charge in [0.25, 0.3) is 11.1 Å². The van der Waals surface area contributed by atoms with E-state index in [2.05, 4.69) is 28.5 Å². The summed E-state index contributed by atoms with van der Waals surface area (Å²) >= 11 is 15.7. The van der Waals surface area contributed by atoms with E-state index in [1.165, 1.54) is 0 Å². The van der Waals surface area contributed by atoms with Gasteiger partial charge in [-0.05, 0) is 75.8 Å². The van der Waals surface area contributed by atoms with Crippen molar-refractivity contribution in [3.63, 3.8) is 0 Å². The third kappa shape index (κ3) is 4.84. The van der Waals surface area contributed by atoms with Gasteiger partial charge in [0.1, 0.15) is 6.61 Å². The molecule has 3 rings (SSSR count). The molecule has 0 spiro atoms. The molecule has 0 atom stereocenters. The van der Waals surface area contributed by atoms with Crippen molar-refractivity contribution in [2.24, 2.45) is 0 Å². The lowest BCUT2D eigenvalue weighted by molar-refractivity contribution is -0.122. The fourth-order valence-electron chi connectivity index (χ4n) is 2.42. The van der Waals surface area contributed by atoms with Gasteiger partial charge < -0.3 is 4.74 Å². The molecular formula is C20H12Cl2INO3S. The Bertz CT molecular complexity index is 992. The highest BCUT2D eigenvalue weighted by molar-refractivity contribution is 14.1. The maximum Gasteiger partial charge on any atom is 0.294 e. The number of rotatable bonds is 5. The smallest absolute Gasteiger partial charge is 0.294 e. The topological polar surface area (TPSA) is 46.6 Å². The second-order valence-electron chi connectivity index (χ2n) is 5.70. The number of hydrogen-bond acceptors (Lipinski definition) is 4. The maximum absolute atomic E-state index is 12.3. The molecule has 2 aromatic carbocycles. The molecule has 0 aromatic heterocycles. The molecule has 0 N–H and O–H groups in total. The van der Waals surface area contributed by atoms with Crippen molar-refractivity contribution in [3.8, 4) is 18.1 Å². The van der Waals surface area contributed by atoms with Crippen LogP contribution in [0, 0.1) is 15.9 Å². The molecule has 1 aliphatic rings. The predicted octanol–water partition coefficient (Wildman–Crippen LogP) is 5.85. The van der Waals surface area contributed by atoms with Crippen LogP contribution >= 0.6 is 57.6 Å². The molecule has 142 valence electrons. The van der Waals surface area contributed by atoms with Crippen LogP contribution in [0.2, 0.25) is 10.0 Å². The molecule has 2 amide bonds. The summed E-state index contributed by atoms with van der Waals surface area (Å²) in [5.74, 6) is 2.23. The Morgan fingerprint density at radius 2 is 1.82 bits per heavy atom. The van der Waals surface area contributed by atoms with Gasteiger partial charge in [-0.3, -0.25) is 14.5 Å². The zero-order valence-electron chi connectivity index (χ0n) is 14.2. The Morgan fingerprint density at radius 1 is 1.18 bits per heavy atom. The van der Waals surface area contributed by atoms with Crippen LogP contribution in [0.4, 0.5) is 4.79 Å². The largest absolute Gasteiger partial charge is 0.486 e. The standard InChI is InChI=1S/C20H12Cl2INO3S/c1-2-7-24-19(25)17(28-20(24)26)10-13-8-15(21)18(16(22)9-13)27-11-12-3-5-14(23)6-4-12/h1,3-6,8-10H,7,11H2/b17-10+. The van der Waals surface area contributed by atoms with E-state index in [4.69, 9.17) is 34.4 Å². The van der Waals surface area contributed by atoms with Crippen LogP contribution < -0.4 is 4.74 Å². The molecule has 1 aliphatic heterocycles. The SMILES string of the molecule is C#CCN1C(=O)S/C(=C/c2cc(Cl)c(OCc3ccc(I)cc3)c(Cl)c2)C1=O. The number of halogens is 3. The van der Waals surface area contributed by atoms with Gasteiger partial charge in [0.2, 0.25) is 0 Å². The van der Waals surface area contributed by atoms with E-state index in [0.717, 1.165) is 25.8 Å². The predicted molar refractivity (Wildman–Crippen MR) is 121 cm³/mol. The van der Waals surface area contributed by atoms with Crippen LogP contribution in [0.1, 0.15) is 11.1 Å². The molecule has 0 radical (unpaired) electrons. The molecular weight excluding hydrogens is 532 g/mol. The van der Waals surface area contributed by atoms with Crippen molar-refractivity contribution < 1.29 is 14.3 Å². The Morgan fingerprint density at radius 3 is 2.43 bits per heavy atom. The molecule has 0 bridgehead atoms. The van der Waals surface area contributed by atoms with E-state index in [9.17, 15) is 9.59 Å². The number of carbonyl (C=O) groups excluding carboxylic acids is 2. The number of carbonyl (C=O) groups is 2. The molecule has 1 fully saturated rings. The number of benzene rings is 2. The van der Waals surface area contributed by atoms with E-state index in [0.29, 0.717) is 28.0 Å². The van der Waals surface area contributed by atoms with Gasteiger partial charge in [-0.2, -0.15) is 0 Å². The van der Waals surface area contributed by atoms with Crippen LogP contribution in [0.25, 0.3) is 6.08 Å². The van der Waals surface area contributed by atoms with Gasteiger partial charge in [0.15, 0.2) is 5.75 Å². The van der Waals surface area contributed by atoms with Crippen molar-refractivity contribution in [2.75, 3.05) is 6.54 Å². The summed E-state index contributed by atoms with van der Waals surface area (Å²) in [6.07, 6.45) is 6.75. The number of imide groups is 1. The van der Waals surface area contributed by atoms with E-state index in [-0.39, 0.29) is 11.4 Å². The Kier molecular flexibility index (Phi) is 6.94. The quantitative estimate of drug-likeness (QED) is 0.270. The van der Waals surface area contributed by atoms with Gasteiger partial charge in [0, 0.05) is 3.57 Å². The highest BCUT2D eigenvalue weighted by atomic mass is 127. The van der Waals surface area contributed by atoms with Crippen LogP contribution in [0.5, 0.6) is 5.75 Å². The summed E-state index contributed by atoms with van der Waals surface area (Å²) < 4.78 is 6.89. The number of thioether (sulfide) groups is 1. The van der Waals surface area contributed by atoms with E-state index < -0.39 is 11.1 Å². The summed E-state index contributed by atoms with van der Waals surface area (Å²) in [7, 11) is 0. The molecule has 4 nitrogen and oxygen atoms in total.